The molecule has 20 heavy (non-hydrogen) atoms. The van der Waals surface area contributed by atoms with Crippen LogP contribution in [0.25, 0.3) is 0 Å². The number of carbonyl (C=O) groups is 3. The van der Waals surface area contributed by atoms with Crippen LogP contribution in [0.1, 0.15) is 40.5 Å². The van der Waals surface area contributed by atoms with E-state index in [-0.39, 0.29) is 5.70 Å². The Balaban J connectivity index is 2.45. The molecule has 2 amide bonds. The average Bonchev–Trinajstić information content (AvgIpc) is 2.73. The maximum absolute atomic E-state index is 12.3. The minimum absolute atomic E-state index is 0.0134. The van der Waals surface area contributed by atoms with Crippen LogP contribution < -0.4 is 0 Å². The van der Waals surface area contributed by atoms with Gasteiger partial charge in [-0.2, -0.15) is 0 Å². The summed E-state index contributed by atoms with van der Waals surface area (Å²) in [4.78, 5) is 37.3. The van der Waals surface area contributed by atoms with Gasteiger partial charge in [0.15, 0.2) is 0 Å². The molecule has 0 aromatic heterocycles. The first kappa shape index (κ1) is 14.0. The van der Waals surface area contributed by atoms with Crippen LogP contribution >= 0.6 is 0 Å². The maximum atomic E-state index is 12.3. The number of hydrogen-bond acceptors (Lipinski definition) is 4. The minimum atomic E-state index is -0.687. The Morgan fingerprint density at radius 3 is 2.20 bits per heavy atom. The fraction of sp³-hybridized carbons (Fsp3) is 0.267. The third kappa shape index (κ3) is 2.22. The van der Waals surface area contributed by atoms with Crippen molar-refractivity contribution in [3.8, 4) is 0 Å². The maximum Gasteiger partial charge on any atom is 0.354 e. The number of benzene rings is 1. The number of amides is 2. The summed E-state index contributed by atoms with van der Waals surface area (Å²) in [5, 5.41) is 0. The molecule has 1 aromatic carbocycles. The molecule has 2 rings (SSSR count). The van der Waals surface area contributed by atoms with Crippen LogP contribution in [0.15, 0.2) is 36.0 Å². The van der Waals surface area contributed by atoms with Crippen molar-refractivity contribution in [1.29, 1.82) is 0 Å². The van der Waals surface area contributed by atoms with Gasteiger partial charge in [0.25, 0.3) is 11.8 Å². The molecule has 1 aliphatic rings. The number of carbonyl (C=O) groups excluding carboxylic acids is 3. The second kappa shape index (κ2) is 5.69. The van der Waals surface area contributed by atoms with Gasteiger partial charge in [-0.25, -0.2) is 9.69 Å². The number of fused-ring (bicyclic) bond motifs is 1. The van der Waals surface area contributed by atoms with Crippen LogP contribution in [0.3, 0.4) is 0 Å². The number of rotatable bonds is 4. The standard InChI is InChI=1S/C15H15NO4/c1-3-4-9-12(15(19)20-2)16-13(17)10-7-5-6-8-11(10)14(16)18/h5-9H,3-4H2,1-2H3/b12-9+. The molecule has 0 fully saturated rings. The molecule has 1 heterocycles. The summed E-state index contributed by atoms with van der Waals surface area (Å²) in [5.41, 5.74) is 0.605. The molecule has 0 spiro atoms. The first-order chi connectivity index (χ1) is 9.61. The highest BCUT2D eigenvalue weighted by Crippen LogP contribution is 2.26. The predicted octanol–water partition coefficient (Wildman–Crippen LogP) is 2.14. The van der Waals surface area contributed by atoms with Gasteiger partial charge in [0, 0.05) is 0 Å². The number of methoxy groups -OCH3 is 1. The Kier molecular flexibility index (Phi) is 3.98. The van der Waals surface area contributed by atoms with Crippen molar-refractivity contribution in [2.45, 2.75) is 19.8 Å². The smallest absolute Gasteiger partial charge is 0.354 e. The van der Waals surface area contributed by atoms with Crippen LogP contribution in [0.5, 0.6) is 0 Å². The third-order valence-electron chi connectivity index (χ3n) is 3.06. The van der Waals surface area contributed by atoms with Crippen molar-refractivity contribution in [2.75, 3.05) is 7.11 Å². The Morgan fingerprint density at radius 2 is 1.75 bits per heavy atom. The van der Waals surface area contributed by atoms with E-state index >= 15 is 0 Å². The Morgan fingerprint density at radius 1 is 1.20 bits per heavy atom. The third-order valence-corrected chi connectivity index (χ3v) is 3.06. The molecular formula is C15H15NO4. The van der Waals surface area contributed by atoms with Crippen molar-refractivity contribution in [1.82, 2.24) is 4.90 Å². The van der Waals surface area contributed by atoms with Gasteiger partial charge >= 0.3 is 5.97 Å². The highest BCUT2D eigenvalue weighted by molar-refractivity contribution is 6.24. The van der Waals surface area contributed by atoms with E-state index < -0.39 is 17.8 Å². The van der Waals surface area contributed by atoms with Gasteiger partial charge in [-0.3, -0.25) is 9.59 Å². The molecule has 104 valence electrons. The number of ether oxygens (including phenoxy) is 1. The van der Waals surface area contributed by atoms with Gasteiger partial charge in [-0.15, -0.1) is 0 Å². The zero-order valence-electron chi connectivity index (χ0n) is 11.4. The molecule has 0 saturated heterocycles. The van der Waals surface area contributed by atoms with E-state index in [1.165, 1.54) is 7.11 Å². The monoisotopic (exact) mass is 273 g/mol. The largest absolute Gasteiger partial charge is 0.464 e. The molecule has 0 unspecified atom stereocenters. The normalized spacial score (nSPS) is 14.5. The summed E-state index contributed by atoms with van der Waals surface area (Å²) in [6.45, 7) is 1.94. The van der Waals surface area contributed by atoms with Gasteiger partial charge in [-0.1, -0.05) is 31.6 Å². The summed E-state index contributed by atoms with van der Waals surface area (Å²) in [7, 11) is 1.22. The number of unbranched alkanes of at least 4 members (excludes halogenated alkanes) is 1. The Bertz CT molecular complexity index is 569. The van der Waals surface area contributed by atoms with Crippen LogP contribution in [-0.2, 0) is 9.53 Å². The summed E-state index contributed by atoms with van der Waals surface area (Å²) in [5.74, 6) is -1.66. The number of allylic oxidation sites excluding steroid dienone is 1. The molecule has 0 saturated carbocycles. The fourth-order valence-electron chi connectivity index (χ4n) is 2.06. The van der Waals surface area contributed by atoms with Crippen molar-refractivity contribution in [3.63, 3.8) is 0 Å². The van der Waals surface area contributed by atoms with E-state index in [2.05, 4.69) is 4.74 Å². The lowest BCUT2D eigenvalue weighted by Gasteiger charge is -2.15. The average molecular weight is 273 g/mol. The van der Waals surface area contributed by atoms with Gasteiger partial charge in [0.1, 0.15) is 5.70 Å². The van der Waals surface area contributed by atoms with Crippen LogP contribution in [0.2, 0.25) is 0 Å². The van der Waals surface area contributed by atoms with Crippen molar-refractivity contribution >= 4 is 17.8 Å². The second-order valence-electron chi connectivity index (χ2n) is 4.36. The number of hydrogen-bond donors (Lipinski definition) is 0. The number of imide groups is 1. The molecule has 1 aliphatic heterocycles. The van der Waals surface area contributed by atoms with E-state index in [9.17, 15) is 14.4 Å². The van der Waals surface area contributed by atoms with E-state index in [4.69, 9.17) is 0 Å². The van der Waals surface area contributed by atoms with Crippen molar-refractivity contribution in [3.05, 3.63) is 47.2 Å². The first-order valence-electron chi connectivity index (χ1n) is 6.38. The van der Waals surface area contributed by atoms with Crippen LogP contribution in [0, 0.1) is 0 Å². The van der Waals surface area contributed by atoms with E-state index in [1.54, 1.807) is 30.3 Å². The fourth-order valence-corrected chi connectivity index (χ4v) is 2.06. The lowest BCUT2D eigenvalue weighted by atomic mass is 10.1. The SMILES string of the molecule is CCC/C=C(\C(=O)OC)N1C(=O)c2ccccc2C1=O. The molecule has 5 nitrogen and oxygen atoms in total. The molecule has 1 aromatic rings. The zero-order chi connectivity index (χ0) is 14.7. The van der Waals surface area contributed by atoms with Crippen molar-refractivity contribution < 1.29 is 19.1 Å². The molecular weight excluding hydrogens is 258 g/mol. The molecule has 0 atom stereocenters. The van der Waals surface area contributed by atoms with Crippen LogP contribution in [-0.4, -0.2) is 29.8 Å². The zero-order valence-corrected chi connectivity index (χ0v) is 11.4. The molecule has 0 aliphatic carbocycles. The summed E-state index contributed by atoms with van der Waals surface area (Å²) in [6, 6.07) is 6.51. The first-order valence-corrected chi connectivity index (χ1v) is 6.38. The lowest BCUT2D eigenvalue weighted by Crippen LogP contribution is -2.33. The summed E-state index contributed by atoms with van der Waals surface area (Å²) < 4.78 is 4.66. The topological polar surface area (TPSA) is 63.7 Å². The Labute approximate surface area is 116 Å². The van der Waals surface area contributed by atoms with Crippen molar-refractivity contribution in [2.24, 2.45) is 0 Å². The van der Waals surface area contributed by atoms with Gasteiger partial charge in [-0.05, 0) is 18.6 Å². The van der Waals surface area contributed by atoms with E-state index in [0.717, 1.165) is 11.3 Å². The summed E-state index contributed by atoms with van der Waals surface area (Å²) >= 11 is 0. The lowest BCUT2D eigenvalue weighted by molar-refractivity contribution is -0.137. The molecule has 0 N–H and O–H groups in total. The Hall–Kier alpha value is -2.43. The second-order valence-corrected chi connectivity index (χ2v) is 4.36. The number of nitrogens with zero attached hydrogens (tertiary/aromatic N) is 1. The van der Waals surface area contributed by atoms with Gasteiger partial charge < -0.3 is 4.74 Å². The predicted molar refractivity (Wildman–Crippen MR) is 71.9 cm³/mol. The summed E-state index contributed by atoms with van der Waals surface area (Å²) in [6.07, 6.45) is 2.94. The molecule has 0 radical (unpaired) electrons. The quantitative estimate of drug-likeness (QED) is 0.479. The molecule has 5 heteroatoms. The van der Waals surface area contributed by atoms with Gasteiger partial charge in [0.2, 0.25) is 0 Å². The highest BCUT2D eigenvalue weighted by Gasteiger charge is 2.39. The van der Waals surface area contributed by atoms with Crippen LogP contribution in [0.4, 0.5) is 0 Å². The van der Waals surface area contributed by atoms with E-state index in [0.29, 0.717) is 17.5 Å². The number of esters is 1. The minimum Gasteiger partial charge on any atom is -0.464 e. The molecule has 0 bridgehead atoms. The van der Waals surface area contributed by atoms with Gasteiger partial charge in [0.05, 0.1) is 18.2 Å². The van der Waals surface area contributed by atoms with E-state index in [1.807, 2.05) is 6.92 Å². The highest BCUT2D eigenvalue weighted by atomic mass is 16.5.